The molecule has 0 radical (unpaired) electrons. The Kier molecular flexibility index (Phi) is 9.91. The number of piperidine rings is 2. The van der Waals surface area contributed by atoms with Crippen molar-refractivity contribution in [2.45, 2.75) is 81.0 Å². The highest BCUT2D eigenvalue weighted by molar-refractivity contribution is 6.06. The second-order valence-corrected chi connectivity index (χ2v) is 18.7. The third-order valence-corrected chi connectivity index (χ3v) is 15.1. The zero-order valence-electron chi connectivity index (χ0n) is 35.4. The van der Waals surface area contributed by atoms with Gasteiger partial charge in [0, 0.05) is 81.0 Å². The van der Waals surface area contributed by atoms with Crippen molar-refractivity contribution in [1.82, 2.24) is 15.1 Å². The average molecular weight is 838 g/mol. The number of amides is 3. The van der Waals surface area contributed by atoms with Gasteiger partial charge < -0.3 is 34.0 Å². The van der Waals surface area contributed by atoms with Crippen molar-refractivity contribution in [3.05, 3.63) is 112 Å². The molecule has 12 nitrogen and oxygen atoms in total. The van der Waals surface area contributed by atoms with Crippen molar-refractivity contribution in [2.75, 3.05) is 69.4 Å². The van der Waals surface area contributed by atoms with Crippen LogP contribution < -0.4 is 24.6 Å². The first-order chi connectivity index (χ1) is 30.2. The normalized spacial score (nSPS) is 26.7. The quantitative estimate of drug-likeness (QED) is 0.215. The van der Waals surface area contributed by atoms with E-state index >= 15 is 0 Å². The first-order valence-electron chi connectivity index (χ1n) is 22.6. The number of imide groups is 1. The lowest BCUT2D eigenvalue weighted by Gasteiger charge is -2.46. The number of benzene rings is 4. The summed E-state index contributed by atoms with van der Waals surface area (Å²) < 4.78 is 19.2. The molecule has 0 saturated carbocycles. The lowest BCUT2D eigenvalue weighted by atomic mass is 9.69. The van der Waals surface area contributed by atoms with Crippen LogP contribution in [0.25, 0.3) is 0 Å². The van der Waals surface area contributed by atoms with Gasteiger partial charge in [-0.15, -0.1) is 0 Å². The number of nitrogens with one attached hydrogen (secondary N) is 1. The maximum atomic E-state index is 13.4. The van der Waals surface area contributed by atoms with Crippen LogP contribution in [0, 0.1) is 5.92 Å². The first-order valence-corrected chi connectivity index (χ1v) is 22.6. The fourth-order valence-electron chi connectivity index (χ4n) is 12.0. The third kappa shape index (κ3) is 6.95. The monoisotopic (exact) mass is 837 g/mol. The van der Waals surface area contributed by atoms with Gasteiger partial charge in [-0.05, 0) is 103 Å². The number of phenols is 1. The lowest BCUT2D eigenvalue weighted by molar-refractivity contribution is -0.136. The van der Waals surface area contributed by atoms with E-state index in [1.165, 1.54) is 27.9 Å². The molecule has 0 aromatic heterocycles. The van der Waals surface area contributed by atoms with Crippen LogP contribution in [0.4, 0.5) is 11.4 Å². The van der Waals surface area contributed by atoms with Crippen molar-refractivity contribution < 1.29 is 33.7 Å². The Hall–Kier alpha value is -5.59. The van der Waals surface area contributed by atoms with Gasteiger partial charge in [-0.1, -0.05) is 42.5 Å². The highest BCUT2D eigenvalue weighted by Gasteiger charge is 2.45. The van der Waals surface area contributed by atoms with Crippen LogP contribution in [-0.2, 0) is 27.3 Å². The number of aromatic hydroxyl groups is 1. The number of aryl methyl sites for hydroxylation is 1. The van der Waals surface area contributed by atoms with Crippen molar-refractivity contribution in [3.8, 4) is 17.2 Å². The Morgan fingerprint density at radius 3 is 2.52 bits per heavy atom. The Morgan fingerprint density at radius 2 is 1.69 bits per heavy atom. The van der Waals surface area contributed by atoms with Gasteiger partial charge >= 0.3 is 0 Å². The lowest BCUT2D eigenvalue weighted by Crippen LogP contribution is -2.58. The van der Waals surface area contributed by atoms with Crippen molar-refractivity contribution in [3.63, 3.8) is 0 Å². The van der Waals surface area contributed by atoms with Crippen molar-refractivity contribution in [1.29, 1.82) is 0 Å². The minimum Gasteiger partial charge on any atom is -0.508 e. The predicted molar refractivity (Wildman–Crippen MR) is 234 cm³/mol. The predicted octanol–water partition coefficient (Wildman–Crippen LogP) is 5.98. The molecule has 5 atom stereocenters. The Bertz CT molecular complexity index is 2420. The van der Waals surface area contributed by atoms with Crippen molar-refractivity contribution in [2.24, 2.45) is 5.92 Å². The van der Waals surface area contributed by atoms with Crippen molar-refractivity contribution >= 4 is 29.1 Å². The summed E-state index contributed by atoms with van der Waals surface area (Å²) in [6.45, 7) is 7.33. The molecule has 4 fully saturated rings. The second kappa shape index (κ2) is 15.6. The summed E-state index contributed by atoms with van der Waals surface area (Å²) in [6.07, 6.45) is 5.60. The zero-order valence-corrected chi connectivity index (χ0v) is 35.4. The molecule has 6 aliphatic heterocycles. The molecule has 7 aliphatic rings. The van der Waals surface area contributed by atoms with E-state index in [0.29, 0.717) is 42.7 Å². The Balaban J connectivity index is 0.716. The summed E-state index contributed by atoms with van der Waals surface area (Å²) in [7, 11) is 1.78. The average Bonchev–Trinajstić information content (AvgIpc) is 3.83. The van der Waals surface area contributed by atoms with E-state index in [0.717, 1.165) is 101 Å². The maximum Gasteiger partial charge on any atom is 0.255 e. The highest BCUT2D eigenvalue weighted by Crippen LogP contribution is 2.50. The number of hydrogen-bond acceptors (Lipinski definition) is 10. The molecule has 3 amide bonds. The van der Waals surface area contributed by atoms with E-state index in [9.17, 15) is 19.5 Å². The summed E-state index contributed by atoms with van der Waals surface area (Å²) in [4.78, 5) is 46.9. The van der Waals surface area contributed by atoms with Gasteiger partial charge in [-0.2, -0.15) is 0 Å². The van der Waals surface area contributed by atoms with Crippen LogP contribution in [0.3, 0.4) is 0 Å². The van der Waals surface area contributed by atoms with E-state index in [4.69, 9.17) is 14.2 Å². The van der Waals surface area contributed by atoms with Gasteiger partial charge in [0.15, 0.2) is 0 Å². The molecule has 322 valence electrons. The molecule has 4 aromatic rings. The number of piperazine rings is 1. The SMILES string of the molecule is COc1cc(N2CCC3(CC2)C[C@H](CN2CCN4c5cc6c(cc5OC[C@@H]4C2)C(=O)N([C@H]2CCC(=O)NC2=O)C6)CO3)ccc1[C@@H]1c2ccc(O)cc2CC[C@@H]1c1ccccc1. The topological polar surface area (TPSA) is 124 Å². The molecule has 6 heterocycles. The molecule has 12 heteroatoms. The van der Waals surface area contributed by atoms with Crippen LogP contribution in [0.15, 0.2) is 78.9 Å². The number of carbonyl (C=O) groups is 3. The van der Waals surface area contributed by atoms with E-state index < -0.39 is 11.9 Å². The van der Waals surface area contributed by atoms with Gasteiger partial charge in [-0.3, -0.25) is 24.6 Å². The zero-order chi connectivity index (χ0) is 42.1. The maximum absolute atomic E-state index is 13.4. The number of anilines is 2. The van der Waals surface area contributed by atoms with Gasteiger partial charge in [-0.25, -0.2) is 0 Å². The number of nitrogens with zero attached hydrogens (tertiary/aromatic N) is 4. The number of hydrogen-bond donors (Lipinski definition) is 2. The summed E-state index contributed by atoms with van der Waals surface area (Å²) in [6, 6.07) is 27.0. The van der Waals surface area contributed by atoms with E-state index in [-0.39, 0.29) is 35.8 Å². The minimum absolute atomic E-state index is 0.0836. The van der Waals surface area contributed by atoms with E-state index in [2.05, 4.69) is 80.7 Å². The van der Waals surface area contributed by atoms with Crippen LogP contribution in [-0.4, -0.2) is 110 Å². The number of phenolic OH excluding ortho intramolecular Hbond substituents is 1. The standard InChI is InChI=1S/C50H55N5O7/c1-60-44-23-35(8-11-40(44)47-38(32-5-3-2-4-6-32)10-7-33-21-37(56)9-12-39(33)47)53-17-15-50(16-18-53)25-31(29-62-50)26-52-19-20-54-36(28-52)30-61-45-24-41-34(22-43(45)54)27-55(49(41)59)42-13-14-46(57)51-48(42)58/h2-6,8-9,11-12,21-24,31,36,38,42,47,56H,7,10,13-20,25-30H2,1H3,(H,51,57,58)/t31-,36+,38-,42+,47+/m1/s1. The molecule has 0 bridgehead atoms. The third-order valence-electron chi connectivity index (χ3n) is 15.1. The van der Waals surface area contributed by atoms with Gasteiger partial charge in [0.2, 0.25) is 11.8 Å². The van der Waals surface area contributed by atoms with Gasteiger partial charge in [0.05, 0.1) is 31.0 Å². The molecular weight excluding hydrogens is 783 g/mol. The summed E-state index contributed by atoms with van der Waals surface area (Å²) >= 11 is 0. The van der Waals surface area contributed by atoms with E-state index in [1.54, 1.807) is 12.0 Å². The molecule has 4 aromatic carbocycles. The molecule has 4 saturated heterocycles. The molecule has 0 unspecified atom stereocenters. The number of ether oxygens (including phenoxy) is 3. The molecule has 1 aliphatic carbocycles. The van der Waals surface area contributed by atoms with Crippen LogP contribution in [0.5, 0.6) is 17.2 Å². The first kappa shape index (κ1) is 39.3. The fraction of sp³-hybridized carbons (Fsp3) is 0.460. The van der Waals surface area contributed by atoms with E-state index in [1.807, 2.05) is 18.2 Å². The van der Waals surface area contributed by atoms with Crippen LogP contribution in [0.1, 0.15) is 88.5 Å². The molecule has 2 N–H and O–H groups in total. The minimum atomic E-state index is -0.632. The smallest absolute Gasteiger partial charge is 0.255 e. The molecule has 11 rings (SSSR count). The molecular formula is C50H55N5O7. The highest BCUT2D eigenvalue weighted by atomic mass is 16.5. The Labute approximate surface area is 362 Å². The summed E-state index contributed by atoms with van der Waals surface area (Å²) in [5, 5.41) is 12.7. The van der Waals surface area contributed by atoms with Gasteiger partial charge in [0.25, 0.3) is 5.91 Å². The van der Waals surface area contributed by atoms with Crippen LogP contribution in [0.2, 0.25) is 0 Å². The largest absolute Gasteiger partial charge is 0.508 e. The summed E-state index contributed by atoms with van der Waals surface area (Å²) in [5.74, 6) is 2.02. The number of fused-ring (bicyclic) bond motifs is 5. The molecule has 1 spiro atoms. The number of methoxy groups -OCH3 is 1. The molecule has 62 heavy (non-hydrogen) atoms. The Morgan fingerprint density at radius 1 is 0.855 bits per heavy atom. The van der Waals surface area contributed by atoms with Gasteiger partial charge in [0.1, 0.15) is 29.9 Å². The number of rotatable bonds is 7. The summed E-state index contributed by atoms with van der Waals surface area (Å²) in [5.41, 5.74) is 8.63. The number of carbonyl (C=O) groups excluding carboxylic acids is 3. The second-order valence-electron chi connectivity index (χ2n) is 18.7. The fourth-order valence-corrected chi connectivity index (χ4v) is 12.0. The van der Waals surface area contributed by atoms with Crippen LogP contribution >= 0.6 is 0 Å².